The maximum atomic E-state index is 13.0. The van der Waals surface area contributed by atoms with Crippen molar-refractivity contribution in [1.82, 2.24) is 10.2 Å². The number of nitrogens with zero attached hydrogens (tertiary/aromatic N) is 1. The molecule has 0 atom stereocenters. The molecule has 1 aromatic carbocycles. The average Bonchev–Trinajstić information content (AvgIpc) is 3.50. The summed E-state index contributed by atoms with van der Waals surface area (Å²) in [7, 11) is 0. The van der Waals surface area contributed by atoms with Gasteiger partial charge in [-0.1, -0.05) is 23.7 Å². The van der Waals surface area contributed by atoms with Gasteiger partial charge in [-0.05, 0) is 56.2 Å². The topological polar surface area (TPSA) is 49.4 Å². The Hall–Kier alpha value is -1.55. The highest BCUT2D eigenvalue weighted by Gasteiger charge is 2.53. The molecular weight excluding hydrogens is 324 g/mol. The maximum absolute atomic E-state index is 13.0. The molecule has 1 aliphatic heterocycles. The molecule has 2 amide bonds. The quantitative estimate of drug-likeness (QED) is 0.911. The maximum Gasteiger partial charge on any atom is 0.233 e. The van der Waals surface area contributed by atoms with E-state index in [0.29, 0.717) is 24.2 Å². The van der Waals surface area contributed by atoms with Crippen molar-refractivity contribution < 1.29 is 9.59 Å². The molecule has 24 heavy (non-hydrogen) atoms. The highest BCUT2D eigenvalue weighted by Crippen LogP contribution is 2.50. The summed E-state index contributed by atoms with van der Waals surface area (Å²) in [6, 6.07) is 8.08. The number of benzene rings is 1. The number of amides is 2. The molecule has 0 unspecified atom stereocenters. The van der Waals surface area contributed by atoms with Crippen molar-refractivity contribution in [3.05, 3.63) is 34.9 Å². The Morgan fingerprint density at radius 1 is 1.04 bits per heavy atom. The van der Waals surface area contributed by atoms with Crippen LogP contribution in [0, 0.1) is 5.92 Å². The van der Waals surface area contributed by atoms with Gasteiger partial charge in [0.25, 0.3) is 0 Å². The summed E-state index contributed by atoms with van der Waals surface area (Å²) in [6.45, 7) is 1.38. The number of carbonyl (C=O) groups is 2. The van der Waals surface area contributed by atoms with Crippen molar-refractivity contribution in [2.45, 2.75) is 50.0 Å². The highest BCUT2D eigenvalue weighted by atomic mass is 35.5. The summed E-state index contributed by atoms with van der Waals surface area (Å²) in [5.41, 5.74) is 0.735. The summed E-state index contributed by atoms with van der Waals surface area (Å²) in [5.74, 6) is 0.481. The molecule has 0 spiro atoms. The van der Waals surface area contributed by atoms with Gasteiger partial charge in [0, 0.05) is 30.1 Å². The second-order valence-electron chi connectivity index (χ2n) is 7.44. The molecule has 3 aliphatic rings. The van der Waals surface area contributed by atoms with Gasteiger partial charge in [-0.25, -0.2) is 0 Å². The molecule has 4 nitrogen and oxygen atoms in total. The van der Waals surface area contributed by atoms with Crippen molar-refractivity contribution >= 4 is 23.4 Å². The minimum absolute atomic E-state index is 0.0698. The summed E-state index contributed by atoms with van der Waals surface area (Å²) in [6.07, 6.45) is 5.62. The first-order chi connectivity index (χ1) is 11.6. The smallest absolute Gasteiger partial charge is 0.233 e. The third-order valence-electron chi connectivity index (χ3n) is 5.63. The summed E-state index contributed by atoms with van der Waals surface area (Å²) in [5, 5.41) is 3.79. The minimum Gasteiger partial charge on any atom is -0.353 e. The first-order valence-corrected chi connectivity index (χ1v) is 9.32. The summed E-state index contributed by atoms with van der Waals surface area (Å²) >= 11 is 5.96. The van der Waals surface area contributed by atoms with Crippen LogP contribution >= 0.6 is 11.6 Å². The van der Waals surface area contributed by atoms with Crippen LogP contribution in [0.2, 0.25) is 5.02 Å². The van der Waals surface area contributed by atoms with Gasteiger partial charge in [-0.2, -0.15) is 0 Å². The molecule has 1 aromatic rings. The first kappa shape index (κ1) is 15.9. The molecule has 2 saturated carbocycles. The van der Waals surface area contributed by atoms with E-state index in [2.05, 4.69) is 5.32 Å². The summed E-state index contributed by atoms with van der Waals surface area (Å²) in [4.78, 5) is 27.1. The van der Waals surface area contributed by atoms with Crippen LogP contribution in [0.5, 0.6) is 0 Å². The Morgan fingerprint density at radius 2 is 1.67 bits per heavy atom. The van der Waals surface area contributed by atoms with Gasteiger partial charge in [0.05, 0.1) is 5.41 Å². The van der Waals surface area contributed by atoms with Crippen LogP contribution in [0.25, 0.3) is 0 Å². The number of hydrogen-bond donors (Lipinski definition) is 1. The van der Waals surface area contributed by atoms with Crippen LogP contribution in [0.1, 0.15) is 44.1 Å². The third-order valence-corrected chi connectivity index (χ3v) is 5.88. The van der Waals surface area contributed by atoms with E-state index in [4.69, 9.17) is 11.6 Å². The van der Waals surface area contributed by atoms with E-state index in [9.17, 15) is 9.59 Å². The number of carbonyl (C=O) groups excluding carboxylic acids is 2. The Kier molecular flexibility index (Phi) is 4.03. The van der Waals surface area contributed by atoms with E-state index in [1.54, 1.807) is 0 Å². The second kappa shape index (κ2) is 6.07. The molecule has 0 aromatic heterocycles. The molecular formula is C19H23ClN2O2. The van der Waals surface area contributed by atoms with Crippen LogP contribution in [0.4, 0.5) is 0 Å². The van der Waals surface area contributed by atoms with Crippen molar-refractivity contribution in [3.8, 4) is 0 Å². The van der Waals surface area contributed by atoms with Crippen molar-refractivity contribution in [1.29, 1.82) is 0 Å². The number of hydrogen-bond acceptors (Lipinski definition) is 2. The number of nitrogens with one attached hydrogen (secondary N) is 1. The number of piperidine rings is 1. The molecule has 0 bridgehead atoms. The fourth-order valence-corrected chi connectivity index (χ4v) is 3.84. The standard InChI is InChI=1S/C19H23ClN2O2/c20-15-3-1-14(2-4-15)19(9-10-19)18(24)22-11-7-13(8-12-22)17(23)21-16-5-6-16/h1-4,13,16H,5-12H2,(H,21,23). The lowest BCUT2D eigenvalue weighted by Crippen LogP contribution is -2.46. The lowest BCUT2D eigenvalue weighted by molar-refractivity contribution is -0.137. The first-order valence-electron chi connectivity index (χ1n) is 8.94. The van der Waals surface area contributed by atoms with Gasteiger partial charge in [-0.3, -0.25) is 9.59 Å². The van der Waals surface area contributed by atoms with Crippen LogP contribution in [-0.4, -0.2) is 35.8 Å². The molecule has 3 fully saturated rings. The van der Waals surface area contributed by atoms with Gasteiger partial charge in [0.1, 0.15) is 0 Å². The fourth-order valence-electron chi connectivity index (χ4n) is 3.71. The van der Waals surface area contributed by atoms with Crippen LogP contribution < -0.4 is 5.32 Å². The molecule has 5 heteroatoms. The second-order valence-corrected chi connectivity index (χ2v) is 7.87. The fraction of sp³-hybridized carbons (Fsp3) is 0.579. The molecule has 0 radical (unpaired) electrons. The number of rotatable bonds is 4. The average molecular weight is 347 g/mol. The van der Waals surface area contributed by atoms with Crippen LogP contribution in [0.15, 0.2) is 24.3 Å². The van der Waals surface area contributed by atoms with Gasteiger partial charge < -0.3 is 10.2 Å². The molecule has 1 heterocycles. The Morgan fingerprint density at radius 3 is 2.21 bits per heavy atom. The zero-order valence-corrected chi connectivity index (χ0v) is 14.5. The largest absolute Gasteiger partial charge is 0.353 e. The van der Waals surface area contributed by atoms with Crippen molar-refractivity contribution in [2.75, 3.05) is 13.1 Å². The van der Waals surface area contributed by atoms with E-state index in [1.807, 2.05) is 29.2 Å². The Balaban J connectivity index is 1.37. The van der Waals surface area contributed by atoms with E-state index in [0.717, 1.165) is 44.1 Å². The lowest BCUT2D eigenvalue weighted by Gasteiger charge is -2.34. The van der Waals surface area contributed by atoms with Crippen molar-refractivity contribution in [3.63, 3.8) is 0 Å². The Labute approximate surface area is 147 Å². The normalized spacial score (nSPS) is 23.0. The predicted octanol–water partition coefficient (Wildman–Crippen LogP) is 2.89. The van der Waals surface area contributed by atoms with Gasteiger partial charge in [0.2, 0.25) is 11.8 Å². The lowest BCUT2D eigenvalue weighted by atomic mass is 9.91. The SMILES string of the molecule is O=C(NC1CC1)C1CCN(C(=O)C2(c3ccc(Cl)cc3)CC2)CC1. The van der Waals surface area contributed by atoms with E-state index >= 15 is 0 Å². The van der Waals surface area contributed by atoms with Gasteiger partial charge >= 0.3 is 0 Å². The molecule has 128 valence electrons. The van der Waals surface area contributed by atoms with Crippen LogP contribution in [0.3, 0.4) is 0 Å². The molecule has 1 N–H and O–H groups in total. The minimum atomic E-state index is -0.340. The zero-order valence-electron chi connectivity index (χ0n) is 13.8. The van der Waals surface area contributed by atoms with E-state index in [1.165, 1.54) is 0 Å². The van der Waals surface area contributed by atoms with Crippen LogP contribution in [-0.2, 0) is 15.0 Å². The van der Waals surface area contributed by atoms with E-state index in [-0.39, 0.29) is 23.1 Å². The zero-order chi connectivity index (χ0) is 16.7. The van der Waals surface area contributed by atoms with Gasteiger partial charge in [0.15, 0.2) is 0 Å². The monoisotopic (exact) mass is 346 g/mol. The third kappa shape index (κ3) is 3.04. The van der Waals surface area contributed by atoms with Crippen molar-refractivity contribution in [2.24, 2.45) is 5.92 Å². The number of halogens is 1. The van der Waals surface area contributed by atoms with Gasteiger partial charge in [-0.15, -0.1) is 0 Å². The predicted molar refractivity (Wildman–Crippen MR) is 92.8 cm³/mol. The van der Waals surface area contributed by atoms with E-state index < -0.39 is 0 Å². The number of likely N-dealkylation sites (tertiary alicyclic amines) is 1. The molecule has 1 saturated heterocycles. The highest BCUT2D eigenvalue weighted by molar-refractivity contribution is 6.30. The molecule has 4 rings (SSSR count). The summed E-state index contributed by atoms with van der Waals surface area (Å²) < 4.78 is 0. The Bertz CT molecular complexity index is 642. The molecule has 2 aliphatic carbocycles.